The van der Waals surface area contributed by atoms with Gasteiger partial charge in [0.1, 0.15) is 11.8 Å². The lowest BCUT2D eigenvalue weighted by Crippen LogP contribution is -2.02. The molecule has 0 fully saturated rings. The molecule has 1 aromatic rings. The molecule has 0 radical (unpaired) electrons. The van der Waals surface area contributed by atoms with E-state index in [9.17, 15) is 8.78 Å². The molecule has 0 amide bonds. The van der Waals surface area contributed by atoms with Crippen molar-refractivity contribution in [3.8, 4) is 12.1 Å². The Kier molecular flexibility index (Phi) is 3.92. The summed E-state index contributed by atoms with van der Waals surface area (Å²) in [5.74, 6) is 0. The molecule has 3 nitrogen and oxygen atoms in total. The molecule has 0 aliphatic heterocycles. The summed E-state index contributed by atoms with van der Waals surface area (Å²) in [5.41, 5.74) is -0.0964. The van der Waals surface area contributed by atoms with E-state index in [-0.39, 0.29) is 26.9 Å². The van der Waals surface area contributed by atoms with Crippen LogP contribution in [-0.4, -0.2) is 4.98 Å². The topological polar surface area (TPSA) is 60.5 Å². The van der Waals surface area contributed by atoms with Gasteiger partial charge in [-0.25, -0.2) is 13.8 Å². The Balaban J connectivity index is 3.33. The number of halogens is 3. The molecule has 0 saturated carbocycles. The fourth-order valence-electron chi connectivity index (χ4n) is 1.00. The molecule has 0 atom stereocenters. The lowest BCUT2D eigenvalue weighted by molar-refractivity contribution is 0.145. The van der Waals surface area contributed by atoms with E-state index in [0.29, 0.717) is 0 Å². The Morgan fingerprint density at radius 2 is 2.13 bits per heavy atom. The Bertz CT molecular complexity index is 460. The number of aromatic nitrogens is 1. The van der Waals surface area contributed by atoms with Crippen molar-refractivity contribution in [1.82, 2.24) is 4.98 Å². The third-order valence-corrected chi connectivity index (χ3v) is 2.52. The van der Waals surface area contributed by atoms with Crippen LogP contribution in [0.1, 0.15) is 23.4 Å². The van der Waals surface area contributed by atoms with Crippen molar-refractivity contribution in [2.45, 2.75) is 12.8 Å². The molecule has 0 bridgehead atoms. The fraction of sp³-hybridized carbons (Fsp3) is 0.222. The van der Waals surface area contributed by atoms with E-state index < -0.39 is 6.43 Å². The van der Waals surface area contributed by atoms with E-state index >= 15 is 0 Å². The van der Waals surface area contributed by atoms with Gasteiger partial charge in [-0.3, -0.25) is 0 Å². The number of rotatable bonds is 2. The van der Waals surface area contributed by atoms with Crippen LogP contribution in [0, 0.1) is 26.2 Å². The average Bonchev–Trinajstić information content (AvgIpc) is 2.20. The smallest absolute Gasteiger partial charge is 0.248 e. The van der Waals surface area contributed by atoms with Crippen LogP contribution in [0.25, 0.3) is 0 Å². The molecular formula is C9H4F2IN3. The highest BCUT2D eigenvalue weighted by molar-refractivity contribution is 14.1. The number of hydrogen-bond donors (Lipinski definition) is 0. The summed E-state index contributed by atoms with van der Waals surface area (Å²) in [7, 11) is 0. The minimum atomic E-state index is -2.69. The Morgan fingerprint density at radius 1 is 1.47 bits per heavy atom. The maximum absolute atomic E-state index is 12.5. The van der Waals surface area contributed by atoms with Crippen molar-refractivity contribution in [2.24, 2.45) is 0 Å². The zero-order chi connectivity index (χ0) is 11.4. The van der Waals surface area contributed by atoms with Crippen LogP contribution in [0.15, 0.2) is 6.07 Å². The molecule has 0 aromatic carbocycles. The molecular weight excluding hydrogens is 315 g/mol. The number of nitrogens with zero attached hydrogens (tertiary/aromatic N) is 3. The van der Waals surface area contributed by atoms with Crippen LogP contribution in [0.4, 0.5) is 8.78 Å². The Labute approximate surface area is 98.5 Å². The van der Waals surface area contributed by atoms with Crippen LogP contribution in [0.2, 0.25) is 0 Å². The predicted molar refractivity (Wildman–Crippen MR) is 55.9 cm³/mol. The van der Waals surface area contributed by atoms with Gasteiger partial charge in [-0.1, -0.05) is 0 Å². The minimum absolute atomic E-state index is 0.107. The highest BCUT2D eigenvalue weighted by Crippen LogP contribution is 2.24. The van der Waals surface area contributed by atoms with Crippen LogP contribution in [-0.2, 0) is 6.42 Å². The van der Waals surface area contributed by atoms with Gasteiger partial charge in [0.05, 0.1) is 23.7 Å². The largest absolute Gasteiger partial charge is 0.281 e. The van der Waals surface area contributed by atoms with Crippen molar-refractivity contribution < 1.29 is 8.78 Å². The summed E-state index contributed by atoms with van der Waals surface area (Å²) in [4.78, 5) is 3.63. The molecule has 1 aromatic heterocycles. The van der Waals surface area contributed by atoms with Gasteiger partial charge in [0.15, 0.2) is 0 Å². The minimum Gasteiger partial charge on any atom is -0.248 e. The number of hydrogen-bond acceptors (Lipinski definition) is 3. The molecule has 0 unspecified atom stereocenters. The van der Waals surface area contributed by atoms with Crippen molar-refractivity contribution in [3.63, 3.8) is 0 Å². The number of pyridine rings is 1. The van der Waals surface area contributed by atoms with E-state index in [1.165, 1.54) is 6.07 Å². The van der Waals surface area contributed by atoms with E-state index in [0.717, 1.165) is 0 Å². The highest BCUT2D eigenvalue weighted by Gasteiger charge is 2.17. The van der Waals surface area contributed by atoms with Crippen molar-refractivity contribution in [1.29, 1.82) is 10.5 Å². The number of alkyl halides is 2. The van der Waals surface area contributed by atoms with E-state index in [1.54, 1.807) is 28.7 Å². The van der Waals surface area contributed by atoms with Gasteiger partial charge in [-0.05, 0) is 28.7 Å². The maximum atomic E-state index is 12.5. The zero-order valence-corrected chi connectivity index (χ0v) is 9.49. The first kappa shape index (κ1) is 11.8. The summed E-state index contributed by atoms with van der Waals surface area (Å²) >= 11 is 1.69. The van der Waals surface area contributed by atoms with Gasteiger partial charge < -0.3 is 0 Å². The van der Waals surface area contributed by atoms with Crippen LogP contribution in [0.3, 0.4) is 0 Å². The van der Waals surface area contributed by atoms with Crippen LogP contribution < -0.4 is 0 Å². The molecule has 0 spiro atoms. The van der Waals surface area contributed by atoms with Gasteiger partial charge in [0.25, 0.3) is 6.43 Å². The quantitative estimate of drug-likeness (QED) is 0.787. The van der Waals surface area contributed by atoms with Crippen LogP contribution in [0.5, 0.6) is 0 Å². The Hall–Kier alpha value is -1.28. The van der Waals surface area contributed by atoms with Gasteiger partial charge in [-0.15, -0.1) is 0 Å². The van der Waals surface area contributed by atoms with Crippen molar-refractivity contribution >= 4 is 22.6 Å². The third-order valence-electron chi connectivity index (χ3n) is 1.66. The summed E-state index contributed by atoms with van der Waals surface area (Å²) in [5, 5.41) is 17.2. The van der Waals surface area contributed by atoms with Gasteiger partial charge in [0, 0.05) is 3.57 Å². The first-order chi connectivity index (χ1) is 7.10. The average molecular weight is 319 g/mol. The maximum Gasteiger partial charge on any atom is 0.281 e. The highest BCUT2D eigenvalue weighted by atomic mass is 127. The summed E-state index contributed by atoms with van der Waals surface area (Å²) in [6.07, 6.45) is -2.83. The van der Waals surface area contributed by atoms with E-state index in [2.05, 4.69) is 4.98 Å². The van der Waals surface area contributed by atoms with Gasteiger partial charge in [-0.2, -0.15) is 10.5 Å². The normalized spacial score (nSPS) is 9.73. The lowest BCUT2D eigenvalue weighted by atomic mass is 10.1. The molecule has 0 N–H and O–H groups in total. The molecule has 15 heavy (non-hydrogen) atoms. The summed E-state index contributed by atoms with van der Waals surface area (Å²) in [6.45, 7) is 0. The van der Waals surface area contributed by atoms with Crippen molar-refractivity contribution in [3.05, 3.63) is 26.6 Å². The Morgan fingerprint density at radius 3 is 2.60 bits per heavy atom. The second-order valence-corrected chi connectivity index (χ2v) is 3.76. The van der Waals surface area contributed by atoms with E-state index in [4.69, 9.17) is 10.5 Å². The molecule has 1 heterocycles. The second-order valence-electron chi connectivity index (χ2n) is 2.60. The van der Waals surface area contributed by atoms with Crippen LogP contribution >= 0.6 is 22.6 Å². The monoisotopic (exact) mass is 319 g/mol. The lowest BCUT2D eigenvalue weighted by Gasteiger charge is -2.05. The second kappa shape index (κ2) is 4.99. The molecule has 1 rings (SSSR count). The fourth-order valence-corrected chi connectivity index (χ4v) is 1.67. The zero-order valence-electron chi connectivity index (χ0n) is 7.34. The first-order valence-corrected chi connectivity index (χ1v) is 4.92. The van der Waals surface area contributed by atoms with Crippen molar-refractivity contribution in [2.75, 3.05) is 0 Å². The standard InChI is InChI=1S/C9H4F2IN3/c10-9(11)8-6(12)3-5(4-14)7(15-8)1-2-13/h3,9H,1H2. The number of nitriles is 2. The molecule has 0 aliphatic carbocycles. The third kappa shape index (κ3) is 2.60. The van der Waals surface area contributed by atoms with Gasteiger partial charge >= 0.3 is 0 Å². The molecule has 0 aliphatic rings. The molecule has 0 saturated heterocycles. The first-order valence-electron chi connectivity index (χ1n) is 3.84. The van der Waals surface area contributed by atoms with Gasteiger partial charge in [0.2, 0.25) is 0 Å². The summed E-state index contributed by atoms with van der Waals surface area (Å²) < 4.78 is 25.1. The summed E-state index contributed by atoms with van der Waals surface area (Å²) in [6, 6.07) is 4.93. The predicted octanol–water partition coefficient (Wildman–Crippen LogP) is 2.56. The molecule has 76 valence electrons. The SMILES string of the molecule is N#CCc1nc(C(F)F)c(I)cc1C#N. The van der Waals surface area contributed by atoms with E-state index in [1.807, 2.05) is 6.07 Å². The molecule has 6 heteroatoms.